The largest absolute Gasteiger partial charge is 0.497 e. The van der Waals surface area contributed by atoms with Crippen molar-refractivity contribution in [1.29, 1.82) is 0 Å². The summed E-state index contributed by atoms with van der Waals surface area (Å²) < 4.78 is 9.78. The number of esters is 1. The summed E-state index contributed by atoms with van der Waals surface area (Å²) >= 11 is 0. The summed E-state index contributed by atoms with van der Waals surface area (Å²) in [6.07, 6.45) is 2.03. The van der Waals surface area contributed by atoms with Gasteiger partial charge in [-0.1, -0.05) is 0 Å². The Morgan fingerprint density at radius 3 is 2.89 bits per heavy atom. The van der Waals surface area contributed by atoms with Gasteiger partial charge >= 0.3 is 5.97 Å². The van der Waals surface area contributed by atoms with Crippen LogP contribution >= 0.6 is 0 Å². The number of nitrogens with one attached hydrogen (secondary N) is 1. The lowest BCUT2D eigenvalue weighted by Gasteiger charge is -2.09. The van der Waals surface area contributed by atoms with E-state index < -0.39 is 0 Å². The number of anilines is 1. The number of methoxy groups -OCH3 is 2. The first-order valence-corrected chi connectivity index (χ1v) is 5.98. The quantitative estimate of drug-likeness (QED) is 0.835. The molecule has 0 fully saturated rings. The Morgan fingerprint density at radius 1 is 1.32 bits per heavy atom. The van der Waals surface area contributed by atoms with Gasteiger partial charge < -0.3 is 14.8 Å². The van der Waals surface area contributed by atoms with Crippen LogP contribution in [0.3, 0.4) is 0 Å². The number of fused-ring (bicyclic) bond motifs is 1. The average molecular weight is 260 g/mol. The van der Waals surface area contributed by atoms with E-state index in [1.807, 2.05) is 24.3 Å². The van der Waals surface area contributed by atoms with Gasteiger partial charge in [0.05, 0.1) is 20.6 Å². The number of benzene rings is 1. The first kappa shape index (κ1) is 13.1. The van der Waals surface area contributed by atoms with E-state index in [0.29, 0.717) is 13.0 Å². The fourth-order valence-corrected chi connectivity index (χ4v) is 1.81. The zero-order valence-corrected chi connectivity index (χ0v) is 11.0. The van der Waals surface area contributed by atoms with Crippen LogP contribution in [0.4, 0.5) is 5.82 Å². The van der Waals surface area contributed by atoms with Crippen LogP contribution in [0.25, 0.3) is 10.8 Å². The molecule has 1 N–H and O–H groups in total. The van der Waals surface area contributed by atoms with Crippen LogP contribution in [0.5, 0.6) is 5.75 Å². The number of pyridine rings is 1. The maximum atomic E-state index is 11.0. The number of rotatable bonds is 5. The van der Waals surface area contributed by atoms with E-state index in [9.17, 15) is 4.79 Å². The zero-order chi connectivity index (χ0) is 13.7. The minimum atomic E-state index is -0.241. The Labute approximate surface area is 111 Å². The van der Waals surface area contributed by atoms with Crippen LogP contribution in [-0.2, 0) is 9.53 Å². The van der Waals surface area contributed by atoms with Gasteiger partial charge in [-0.05, 0) is 29.7 Å². The molecule has 0 bridgehead atoms. The smallest absolute Gasteiger partial charge is 0.307 e. The average Bonchev–Trinajstić information content (AvgIpc) is 2.46. The Morgan fingerprint density at radius 2 is 2.16 bits per heavy atom. The number of carbonyl (C=O) groups excluding carboxylic acids is 1. The van der Waals surface area contributed by atoms with Crippen LogP contribution in [0.1, 0.15) is 6.42 Å². The maximum Gasteiger partial charge on any atom is 0.307 e. The number of hydrogen-bond acceptors (Lipinski definition) is 5. The van der Waals surface area contributed by atoms with E-state index in [1.165, 1.54) is 7.11 Å². The molecular formula is C14H16N2O3. The predicted molar refractivity (Wildman–Crippen MR) is 73.4 cm³/mol. The van der Waals surface area contributed by atoms with Crippen molar-refractivity contribution in [2.45, 2.75) is 6.42 Å². The second kappa shape index (κ2) is 6.04. The number of nitrogens with zero attached hydrogens (tertiary/aromatic N) is 1. The molecule has 0 radical (unpaired) electrons. The van der Waals surface area contributed by atoms with Crippen LogP contribution in [0.15, 0.2) is 30.5 Å². The topological polar surface area (TPSA) is 60.5 Å². The van der Waals surface area contributed by atoms with Crippen molar-refractivity contribution < 1.29 is 14.3 Å². The van der Waals surface area contributed by atoms with Gasteiger partial charge in [-0.3, -0.25) is 4.79 Å². The van der Waals surface area contributed by atoms with Crippen molar-refractivity contribution in [2.24, 2.45) is 0 Å². The highest BCUT2D eigenvalue weighted by Crippen LogP contribution is 2.25. The number of aromatic nitrogens is 1. The van der Waals surface area contributed by atoms with Gasteiger partial charge in [0.25, 0.3) is 0 Å². The van der Waals surface area contributed by atoms with Gasteiger partial charge in [0, 0.05) is 18.1 Å². The Balaban J connectivity index is 2.17. The summed E-state index contributed by atoms with van der Waals surface area (Å²) in [5.74, 6) is 1.32. The molecule has 5 nitrogen and oxygen atoms in total. The summed E-state index contributed by atoms with van der Waals surface area (Å²) in [7, 11) is 3.02. The molecule has 5 heteroatoms. The van der Waals surface area contributed by atoms with Crippen molar-refractivity contribution in [3.05, 3.63) is 30.5 Å². The second-order valence-corrected chi connectivity index (χ2v) is 4.00. The minimum absolute atomic E-state index is 0.241. The fraction of sp³-hybridized carbons (Fsp3) is 0.286. The molecule has 19 heavy (non-hydrogen) atoms. The van der Waals surface area contributed by atoms with E-state index in [1.54, 1.807) is 13.3 Å². The zero-order valence-electron chi connectivity index (χ0n) is 11.0. The summed E-state index contributed by atoms with van der Waals surface area (Å²) in [4.78, 5) is 15.3. The van der Waals surface area contributed by atoms with Gasteiger partial charge in [-0.15, -0.1) is 0 Å². The van der Waals surface area contributed by atoms with Gasteiger partial charge in [-0.25, -0.2) is 4.98 Å². The highest BCUT2D eigenvalue weighted by atomic mass is 16.5. The normalized spacial score (nSPS) is 10.2. The molecule has 0 unspecified atom stereocenters. The standard InChI is InChI=1S/C14H16N2O3/c1-18-11-3-4-12-10(9-11)5-7-15-14(12)16-8-6-13(17)19-2/h3-5,7,9H,6,8H2,1-2H3,(H,15,16). The minimum Gasteiger partial charge on any atom is -0.497 e. The van der Waals surface area contributed by atoms with Crippen LogP contribution in [0, 0.1) is 0 Å². The highest BCUT2D eigenvalue weighted by molar-refractivity contribution is 5.92. The summed E-state index contributed by atoms with van der Waals surface area (Å²) in [6, 6.07) is 7.70. The van der Waals surface area contributed by atoms with E-state index in [0.717, 1.165) is 22.3 Å². The Kier molecular flexibility index (Phi) is 4.18. The lowest BCUT2D eigenvalue weighted by molar-refractivity contribution is -0.140. The van der Waals surface area contributed by atoms with Crippen molar-refractivity contribution >= 4 is 22.6 Å². The van der Waals surface area contributed by atoms with Gasteiger partial charge in [0.15, 0.2) is 0 Å². The molecule has 0 aliphatic rings. The van der Waals surface area contributed by atoms with Crippen LogP contribution < -0.4 is 10.1 Å². The van der Waals surface area contributed by atoms with Crippen molar-refractivity contribution in [3.63, 3.8) is 0 Å². The molecule has 0 atom stereocenters. The van der Waals surface area contributed by atoms with E-state index >= 15 is 0 Å². The molecule has 0 aliphatic carbocycles. The van der Waals surface area contributed by atoms with Gasteiger partial charge in [0.1, 0.15) is 11.6 Å². The third-order valence-corrected chi connectivity index (χ3v) is 2.82. The molecule has 2 aromatic rings. The fourth-order valence-electron chi connectivity index (χ4n) is 1.81. The predicted octanol–water partition coefficient (Wildman–Crippen LogP) is 2.22. The molecule has 0 aliphatic heterocycles. The molecule has 2 rings (SSSR count). The first-order valence-electron chi connectivity index (χ1n) is 5.98. The molecule has 1 aromatic carbocycles. The highest BCUT2D eigenvalue weighted by Gasteiger charge is 2.05. The molecule has 0 saturated carbocycles. The third-order valence-electron chi connectivity index (χ3n) is 2.82. The van der Waals surface area contributed by atoms with Gasteiger partial charge in [0.2, 0.25) is 0 Å². The molecule has 0 amide bonds. The molecular weight excluding hydrogens is 244 g/mol. The SMILES string of the molecule is COC(=O)CCNc1nccc2cc(OC)ccc12. The van der Waals surface area contributed by atoms with E-state index in [-0.39, 0.29) is 5.97 Å². The third kappa shape index (κ3) is 3.13. The first-order chi connectivity index (χ1) is 9.24. The summed E-state index contributed by atoms with van der Waals surface area (Å²) in [6.45, 7) is 0.491. The number of ether oxygens (including phenoxy) is 2. The Hall–Kier alpha value is -2.30. The van der Waals surface area contributed by atoms with Crippen molar-refractivity contribution in [2.75, 3.05) is 26.1 Å². The lowest BCUT2D eigenvalue weighted by Crippen LogP contribution is -2.10. The number of carbonyl (C=O) groups is 1. The molecule has 100 valence electrons. The van der Waals surface area contributed by atoms with Gasteiger partial charge in [-0.2, -0.15) is 0 Å². The van der Waals surface area contributed by atoms with E-state index in [4.69, 9.17) is 4.74 Å². The molecule has 1 aromatic heterocycles. The molecule has 0 saturated heterocycles. The Bertz CT molecular complexity index is 584. The van der Waals surface area contributed by atoms with Crippen LogP contribution in [-0.4, -0.2) is 31.7 Å². The maximum absolute atomic E-state index is 11.0. The molecule has 1 heterocycles. The lowest BCUT2D eigenvalue weighted by atomic mass is 10.1. The summed E-state index contributed by atoms with van der Waals surface area (Å²) in [5, 5.41) is 5.17. The monoisotopic (exact) mass is 260 g/mol. The summed E-state index contributed by atoms with van der Waals surface area (Å²) in [5.41, 5.74) is 0. The number of hydrogen-bond donors (Lipinski definition) is 1. The molecule has 0 spiro atoms. The van der Waals surface area contributed by atoms with E-state index in [2.05, 4.69) is 15.0 Å². The van der Waals surface area contributed by atoms with Crippen molar-refractivity contribution in [3.8, 4) is 5.75 Å². The van der Waals surface area contributed by atoms with Crippen LogP contribution in [0.2, 0.25) is 0 Å². The van der Waals surface area contributed by atoms with Crippen molar-refractivity contribution in [1.82, 2.24) is 4.98 Å². The second-order valence-electron chi connectivity index (χ2n) is 4.00.